The lowest BCUT2D eigenvalue weighted by atomic mass is 10.1. The summed E-state index contributed by atoms with van der Waals surface area (Å²) in [7, 11) is 2.04. The largest absolute Gasteiger partial charge is 0.457 e. The normalized spacial score (nSPS) is 14.2. The molecule has 1 fully saturated rings. The van der Waals surface area contributed by atoms with Crippen molar-refractivity contribution in [3.05, 3.63) is 113 Å². The van der Waals surface area contributed by atoms with E-state index >= 15 is 0 Å². The molecule has 212 valence electrons. The zero-order chi connectivity index (χ0) is 29.8. The zero-order valence-corrected chi connectivity index (χ0v) is 23.6. The molecule has 4 N–H and O–H groups in total. The highest BCUT2D eigenvalue weighted by Crippen LogP contribution is 2.28. The van der Waals surface area contributed by atoms with Crippen LogP contribution in [0.15, 0.2) is 90.8 Å². The third-order valence-electron chi connectivity index (χ3n) is 7.33. The third kappa shape index (κ3) is 5.89. The Morgan fingerprint density at radius 2 is 1.79 bits per heavy atom. The Labute approximate surface area is 244 Å². The Bertz CT molecular complexity index is 1760. The zero-order valence-electron chi connectivity index (χ0n) is 23.6. The molecule has 1 saturated heterocycles. The lowest BCUT2D eigenvalue weighted by molar-refractivity contribution is 0.0666. The monoisotopic (exact) mass is 560 g/mol. The van der Waals surface area contributed by atoms with Crippen LogP contribution in [0, 0.1) is 18.3 Å². The van der Waals surface area contributed by atoms with Crippen molar-refractivity contribution in [1.29, 1.82) is 5.26 Å². The summed E-state index contributed by atoms with van der Waals surface area (Å²) in [5.41, 5.74) is 10.2. The molecule has 2 heterocycles. The van der Waals surface area contributed by atoms with Crippen LogP contribution in [0.3, 0.4) is 0 Å². The molecule has 1 aromatic heterocycles. The van der Waals surface area contributed by atoms with Gasteiger partial charge in [-0.25, -0.2) is 0 Å². The lowest BCUT2D eigenvalue weighted by Crippen LogP contribution is -2.47. The topological polar surface area (TPSA) is 127 Å². The number of likely N-dealkylation sites (N-methyl/N-ethyl adjacent to an activating group) is 1. The molecule has 5 rings (SSSR count). The number of fused-ring (bicyclic) bond motifs is 1. The van der Waals surface area contributed by atoms with Gasteiger partial charge in [-0.1, -0.05) is 24.8 Å². The van der Waals surface area contributed by atoms with Gasteiger partial charge in [0.1, 0.15) is 17.3 Å². The number of aryl methyl sites for hydroxylation is 1. The van der Waals surface area contributed by atoms with Crippen molar-refractivity contribution in [2.24, 2.45) is 5.73 Å². The molecule has 1 aliphatic heterocycles. The first kappa shape index (κ1) is 28.2. The number of H-pyrrole nitrogens is 1. The molecule has 0 unspecified atom stereocenters. The van der Waals surface area contributed by atoms with Gasteiger partial charge in [0.15, 0.2) is 0 Å². The van der Waals surface area contributed by atoms with Crippen molar-refractivity contribution in [3.63, 3.8) is 0 Å². The number of hydrogen-bond acceptors (Lipinski definition) is 7. The van der Waals surface area contributed by atoms with Crippen LogP contribution in [0.25, 0.3) is 10.9 Å². The molecule has 4 aromatic rings. The van der Waals surface area contributed by atoms with Crippen molar-refractivity contribution in [2.75, 3.05) is 38.5 Å². The molecule has 42 heavy (non-hydrogen) atoms. The second-order valence-electron chi connectivity index (χ2n) is 10.2. The van der Waals surface area contributed by atoms with Gasteiger partial charge in [-0.05, 0) is 74.1 Å². The number of carbonyl (C=O) groups is 2. The number of nitrogens with zero attached hydrogens (tertiary/aromatic N) is 3. The minimum absolute atomic E-state index is 0.0481. The molecular weight excluding hydrogens is 528 g/mol. The van der Waals surface area contributed by atoms with Crippen LogP contribution in [-0.4, -0.2) is 59.7 Å². The van der Waals surface area contributed by atoms with E-state index in [1.54, 1.807) is 48.5 Å². The fraction of sp³-hybridized carbons (Fsp3) is 0.182. The van der Waals surface area contributed by atoms with Gasteiger partial charge in [0, 0.05) is 48.3 Å². The smallest absolute Gasteiger partial charge is 0.254 e. The average molecular weight is 561 g/mol. The maximum Gasteiger partial charge on any atom is 0.254 e. The predicted octanol–water partition coefficient (Wildman–Crippen LogP) is 5.18. The quantitative estimate of drug-likeness (QED) is 0.154. The number of piperazine rings is 1. The number of nitriles is 1. The van der Waals surface area contributed by atoms with Crippen molar-refractivity contribution >= 4 is 28.3 Å². The predicted molar refractivity (Wildman–Crippen MR) is 163 cm³/mol. The van der Waals surface area contributed by atoms with E-state index in [1.165, 1.54) is 6.08 Å². The van der Waals surface area contributed by atoms with E-state index in [2.05, 4.69) is 27.8 Å². The number of allylic oxidation sites excluding steroid dienone is 2. The average Bonchev–Trinajstić information content (AvgIpc) is 3.44. The number of benzene rings is 3. The first-order valence-electron chi connectivity index (χ1n) is 13.6. The molecule has 1 amide bonds. The van der Waals surface area contributed by atoms with Crippen molar-refractivity contribution in [3.8, 4) is 17.6 Å². The molecule has 1 aliphatic rings. The van der Waals surface area contributed by atoms with Crippen molar-refractivity contribution < 1.29 is 14.3 Å². The Balaban J connectivity index is 1.36. The second-order valence-corrected chi connectivity index (χ2v) is 10.2. The molecule has 9 nitrogen and oxygen atoms in total. The van der Waals surface area contributed by atoms with Gasteiger partial charge >= 0.3 is 0 Å². The summed E-state index contributed by atoms with van der Waals surface area (Å²) in [4.78, 5) is 34.1. The highest BCUT2D eigenvalue weighted by molar-refractivity contribution is 6.14. The highest BCUT2D eigenvalue weighted by atomic mass is 16.5. The van der Waals surface area contributed by atoms with E-state index in [-0.39, 0.29) is 23.1 Å². The van der Waals surface area contributed by atoms with Gasteiger partial charge in [-0.2, -0.15) is 5.26 Å². The van der Waals surface area contributed by atoms with Gasteiger partial charge in [-0.15, -0.1) is 0 Å². The number of anilines is 1. The van der Waals surface area contributed by atoms with E-state index in [0.29, 0.717) is 58.0 Å². The van der Waals surface area contributed by atoms with Gasteiger partial charge in [0.25, 0.3) is 5.91 Å². The van der Waals surface area contributed by atoms with Crippen LogP contribution in [0.2, 0.25) is 0 Å². The minimum atomic E-state index is -0.348. The molecule has 0 bridgehead atoms. The van der Waals surface area contributed by atoms with Crippen molar-refractivity contribution in [2.45, 2.75) is 6.92 Å². The Hall–Kier alpha value is -5.33. The molecular formula is C33H32N6O3. The molecule has 0 aliphatic carbocycles. The molecule has 0 spiro atoms. The number of aromatic nitrogens is 1. The summed E-state index contributed by atoms with van der Waals surface area (Å²) >= 11 is 0. The number of nitrogens with one attached hydrogen (secondary N) is 2. The number of hydrogen-bond donors (Lipinski definition) is 3. The Morgan fingerprint density at radius 1 is 1.05 bits per heavy atom. The number of ketones is 1. The van der Waals surface area contributed by atoms with Crippen LogP contribution in [0.4, 0.5) is 5.69 Å². The highest BCUT2D eigenvalue weighted by Gasteiger charge is 2.24. The molecule has 9 heteroatoms. The van der Waals surface area contributed by atoms with Gasteiger partial charge in [0.05, 0.1) is 22.9 Å². The van der Waals surface area contributed by atoms with E-state index in [4.69, 9.17) is 15.7 Å². The number of ether oxygens (including phenoxy) is 1. The van der Waals surface area contributed by atoms with Crippen LogP contribution in [-0.2, 0) is 0 Å². The standard InChI is InChI=1S/C33H32N6O3/c1-4-25(32(35)37-28-12-11-24(17-21(28)2)42-23-8-5-7-22(18-23)20-34)31(40)30-19-27-26(9-6-10-29(27)36-30)33(41)39-15-13-38(3)14-16-39/h4-12,17-19,36-37H,1,13-16,35H2,2-3H3/b32-25+. The lowest BCUT2D eigenvalue weighted by Gasteiger charge is -2.32. The van der Waals surface area contributed by atoms with E-state index < -0.39 is 0 Å². The summed E-state index contributed by atoms with van der Waals surface area (Å²) in [6.07, 6.45) is 1.42. The van der Waals surface area contributed by atoms with Gasteiger partial charge in [0.2, 0.25) is 5.78 Å². The van der Waals surface area contributed by atoms with Gasteiger partial charge < -0.3 is 30.6 Å². The van der Waals surface area contributed by atoms with Crippen LogP contribution >= 0.6 is 0 Å². The van der Waals surface area contributed by atoms with Crippen LogP contribution in [0.5, 0.6) is 11.5 Å². The summed E-state index contributed by atoms with van der Waals surface area (Å²) in [5, 5.41) is 12.9. The molecule has 0 radical (unpaired) electrons. The maximum atomic E-state index is 13.6. The maximum absolute atomic E-state index is 13.6. The summed E-state index contributed by atoms with van der Waals surface area (Å²) in [5.74, 6) is 0.892. The fourth-order valence-corrected chi connectivity index (χ4v) is 4.93. The van der Waals surface area contributed by atoms with E-state index in [9.17, 15) is 9.59 Å². The van der Waals surface area contributed by atoms with Crippen molar-refractivity contribution in [1.82, 2.24) is 14.8 Å². The van der Waals surface area contributed by atoms with E-state index in [1.807, 2.05) is 37.1 Å². The van der Waals surface area contributed by atoms with E-state index in [0.717, 1.165) is 18.7 Å². The first-order chi connectivity index (χ1) is 20.3. The third-order valence-corrected chi connectivity index (χ3v) is 7.33. The van der Waals surface area contributed by atoms with Gasteiger partial charge in [-0.3, -0.25) is 9.59 Å². The second kappa shape index (κ2) is 12.0. The number of aromatic amines is 1. The SMILES string of the molecule is C=C/C(C(=O)c1cc2c(C(=O)N3CCN(C)CC3)cccc2[nH]1)=C(/N)Nc1ccc(Oc2cccc(C#N)c2)cc1C. The number of carbonyl (C=O) groups excluding carboxylic acids is 2. The molecule has 3 aromatic carbocycles. The van der Waals surface area contributed by atoms with Crippen LogP contribution < -0.4 is 15.8 Å². The minimum Gasteiger partial charge on any atom is -0.457 e. The number of nitrogens with two attached hydrogens (primary N) is 1. The number of Topliss-reactive ketones (excluding diaryl/α,β-unsaturated/α-hetero) is 1. The molecule has 0 atom stereocenters. The number of amides is 1. The number of rotatable bonds is 8. The fourth-order valence-electron chi connectivity index (χ4n) is 4.93. The van der Waals surface area contributed by atoms with Crippen LogP contribution in [0.1, 0.15) is 32.0 Å². The Kier molecular flexibility index (Phi) is 8.09. The molecule has 0 saturated carbocycles. The first-order valence-corrected chi connectivity index (χ1v) is 13.6. The summed E-state index contributed by atoms with van der Waals surface area (Å²) in [6, 6.07) is 21.6. The summed E-state index contributed by atoms with van der Waals surface area (Å²) < 4.78 is 5.90. The Morgan fingerprint density at radius 3 is 2.50 bits per heavy atom. The summed E-state index contributed by atoms with van der Waals surface area (Å²) in [6.45, 7) is 8.67.